The first-order valence-corrected chi connectivity index (χ1v) is 11.0. The Bertz CT molecular complexity index is 685. The van der Waals surface area contributed by atoms with Crippen LogP contribution in [0.4, 0.5) is 0 Å². The van der Waals surface area contributed by atoms with Gasteiger partial charge in [-0.3, -0.25) is 14.2 Å². The highest BCUT2D eigenvalue weighted by Gasteiger charge is 2.29. The largest absolute Gasteiger partial charge is 0.374 e. The molecule has 1 aliphatic heterocycles. The summed E-state index contributed by atoms with van der Waals surface area (Å²) in [4.78, 5) is 34.9. The molecule has 1 aromatic heterocycles. The Balaban J connectivity index is 1.68. The van der Waals surface area contributed by atoms with Gasteiger partial charge < -0.3 is 25.2 Å². The van der Waals surface area contributed by atoms with Crippen molar-refractivity contribution >= 4 is 13.3 Å². The average Bonchev–Trinajstić information content (AvgIpc) is 2.58. The van der Waals surface area contributed by atoms with E-state index in [4.69, 9.17) is 4.74 Å². The second kappa shape index (κ2) is 10.0. The fourth-order valence-electron chi connectivity index (χ4n) is 2.97. The van der Waals surface area contributed by atoms with Crippen molar-refractivity contribution in [1.82, 2.24) is 15.6 Å². The van der Waals surface area contributed by atoms with E-state index in [9.17, 15) is 19.0 Å². The highest BCUT2D eigenvalue weighted by Crippen LogP contribution is 2.43. The van der Waals surface area contributed by atoms with Gasteiger partial charge in [0.05, 0.1) is 24.9 Å². The molecule has 1 unspecified atom stereocenters. The van der Waals surface area contributed by atoms with Crippen LogP contribution in [0.25, 0.3) is 0 Å². The average molecular weight is 385 g/mol. The zero-order chi connectivity index (χ0) is 19.0. The predicted molar refractivity (Wildman–Crippen MR) is 99.6 cm³/mol. The minimum Gasteiger partial charge on any atom is -0.374 e. The molecule has 3 atom stereocenters. The third-order valence-corrected chi connectivity index (χ3v) is 6.33. The van der Waals surface area contributed by atoms with Gasteiger partial charge in [0.2, 0.25) is 18.8 Å². The molecule has 0 saturated carbocycles. The number of rotatable bonds is 9. The van der Waals surface area contributed by atoms with Crippen LogP contribution in [-0.4, -0.2) is 53.9 Å². The highest BCUT2D eigenvalue weighted by atomic mass is 31.2. The summed E-state index contributed by atoms with van der Waals surface area (Å²) >= 11 is 0. The van der Waals surface area contributed by atoms with Gasteiger partial charge in [-0.05, 0) is 24.5 Å². The van der Waals surface area contributed by atoms with Gasteiger partial charge in [-0.2, -0.15) is 0 Å². The molecule has 26 heavy (non-hydrogen) atoms. The first-order chi connectivity index (χ1) is 12.4. The Hall–Kier alpha value is -1.47. The molecular formula is C17H28N3O5P. The zero-order valence-electron chi connectivity index (χ0n) is 15.1. The van der Waals surface area contributed by atoms with Crippen LogP contribution in [0.3, 0.4) is 0 Å². The predicted octanol–water partition coefficient (Wildman–Crippen LogP) is 0.981. The van der Waals surface area contributed by atoms with E-state index in [1.165, 1.54) is 13.0 Å². The van der Waals surface area contributed by atoms with Gasteiger partial charge in [0.25, 0.3) is 0 Å². The lowest BCUT2D eigenvalue weighted by Crippen LogP contribution is -2.43. The van der Waals surface area contributed by atoms with Crippen molar-refractivity contribution in [3.63, 3.8) is 0 Å². The number of amides is 1. The first kappa shape index (κ1) is 20.8. The Morgan fingerprint density at radius 2 is 2.23 bits per heavy atom. The van der Waals surface area contributed by atoms with Crippen LogP contribution in [0.5, 0.6) is 0 Å². The van der Waals surface area contributed by atoms with E-state index in [1.54, 1.807) is 6.20 Å². The van der Waals surface area contributed by atoms with Gasteiger partial charge in [0.15, 0.2) is 0 Å². The van der Waals surface area contributed by atoms with Crippen molar-refractivity contribution in [2.24, 2.45) is 0 Å². The number of morpholine rings is 1. The van der Waals surface area contributed by atoms with Crippen molar-refractivity contribution in [1.29, 1.82) is 0 Å². The molecule has 146 valence electrons. The van der Waals surface area contributed by atoms with Crippen LogP contribution in [0.2, 0.25) is 0 Å². The number of aromatic amines is 1. The molecule has 1 aliphatic rings. The monoisotopic (exact) mass is 385 g/mol. The standard InChI is InChI=1S/C17H28N3O5P/c1-13(21)18-6-3-2-4-8-26(23,24)12-15-10-20-16(11-25-15)14-5-7-19-17(22)9-14/h5,7,9,15-16,20H,2-4,6,8,10-12H2,1H3,(H,18,21)(H,19,22)(H,23,24)/t15-,16-/m1/s1. The summed E-state index contributed by atoms with van der Waals surface area (Å²) in [5.74, 6) is -0.0572. The third-order valence-electron chi connectivity index (χ3n) is 4.34. The normalized spacial score (nSPS) is 22.5. The fourth-order valence-corrected chi connectivity index (χ4v) is 4.74. The lowest BCUT2D eigenvalue weighted by molar-refractivity contribution is -0.118. The number of hydrogen-bond acceptors (Lipinski definition) is 5. The van der Waals surface area contributed by atoms with E-state index < -0.39 is 7.37 Å². The smallest absolute Gasteiger partial charge is 0.248 e. The number of hydrogen-bond donors (Lipinski definition) is 4. The van der Waals surface area contributed by atoms with Crippen molar-refractivity contribution in [3.05, 3.63) is 34.2 Å². The van der Waals surface area contributed by atoms with Crippen LogP contribution in [0.1, 0.15) is 37.8 Å². The van der Waals surface area contributed by atoms with Crippen molar-refractivity contribution in [2.45, 2.75) is 38.3 Å². The SMILES string of the molecule is CC(=O)NCCCCCP(=O)(O)C[C@H]1CN[C@@H](c2cc[nH]c(=O)c2)CO1. The maximum atomic E-state index is 12.4. The molecule has 1 amide bonds. The summed E-state index contributed by atoms with van der Waals surface area (Å²) in [6.45, 7) is 2.92. The van der Waals surface area contributed by atoms with E-state index in [1.807, 2.05) is 6.07 Å². The number of carbonyl (C=O) groups excluding carboxylic acids is 1. The van der Waals surface area contributed by atoms with Gasteiger partial charge in [0, 0.05) is 38.4 Å². The van der Waals surface area contributed by atoms with Crippen LogP contribution in [-0.2, 0) is 14.1 Å². The van der Waals surface area contributed by atoms with Gasteiger partial charge in [-0.15, -0.1) is 0 Å². The molecule has 0 bridgehead atoms. The van der Waals surface area contributed by atoms with E-state index in [0.717, 1.165) is 18.4 Å². The lowest BCUT2D eigenvalue weighted by Gasteiger charge is -2.31. The molecule has 1 aromatic rings. The van der Waals surface area contributed by atoms with E-state index in [0.29, 0.717) is 26.1 Å². The molecule has 0 radical (unpaired) electrons. The van der Waals surface area contributed by atoms with Crippen LogP contribution < -0.4 is 16.2 Å². The quantitative estimate of drug-likeness (QED) is 0.372. The summed E-state index contributed by atoms with van der Waals surface area (Å²) in [5, 5.41) is 5.99. The molecule has 1 saturated heterocycles. The first-order valence-electron chi connectivity index (χ1n) is 8.94. The molecule has 0 spiro atoms. The number of pyridine rings is 1. The van der Waals surface area contributed by atoms with Crippen LogP contribution >= 0.6 is 7.37 Å². The van der Waals surface area contributed by atoms with E-state index >= 15 is 0 Å². The number of carbonyl (C=O) groups is 1. The molecule has 9 heteroatoms. The topological polar surface area (TPSA) is 121 Å². The summed E-state index contributed by atoms with van der Waals surface area (Å²) in [6.07, 6.45) is 3.96. The van der Waals surface area contributed by atoms with Crippen molar-refractivity contribution in [3.8, 4) is 0 Å². The van der Waals surface area contributed by atoms with E-state index in [-0.39, 0.29) is 35.9 Å². The Kier molecular flexibility index (Phi) is 8.03. The summed E-state index contributed by atoms with van der Waals surface area (Å²) in [7, 11) is -3.24. The van der Waals surface area contributed by atoms with Gasteiger partial charge >= 0.3 is 0 Å². The van der Waals surface area contributed by atoms with Gasteiger partial charge in [-0.25, -0.2) is 0 Å². The van der Waals surface area contributed by atoms with Crippen LogP contribution in [0, 0.1) is 0 Å². The van der Waals surface area contributed by atoms with Crippen molar-refractivity contribution in [2.75, 3.05) is 32.0 Å². The second-order valence-corrected chi connectivity index (χ2v) is 9.20. The Morgan fingerprint density at radius 1 is 1.42 bits per heavy atom. The maximum Gasteiger partial charge on any atom is 0.248 e. The Labute approximate surface area is 153 Å². The molecule has 0 aromatic carbocycles. The minimum atomic E-state index is -3.24. The molecule has 1 fully saturated rings. The molecular weight excluding hydrogens is 357 g/mol. The molecule has 4 N–H and O–H groups in total. The molecule has 0 aliphatic carbocycles. The molecule has 8 nitrogen and oxygen atoms in total. The minimum absolute atomic E-state index is 0.0572. The highest BCUT2D eigenvalue weighted by molar-refractivity contribution is 7.58. The summed E-state index contributed by atoms with van der Waals surface area (Å²) < 4.78 is 18.1. The summed E-state index contributed by atoms with van der Waals surface area (Å²) in [6, 6.07) is 3.26. The van der Waals surface area contributed by atoms with Gasteiger partial charge in [0.1, 0.15) is 0 Å². The maximum absolute atomic E-state index is 12.4. The second-order valence-electron chi connectivity index (χ2n) is 6.70. The Morgan fingerprint density at radius 3 is 2.88 bits per heavy atom. The number of H-pyrrole nitrogens is 1. The number of aromatic nitrogens is 1. The molecule has 2 rings (SSSR count). The van der Waals surface area contributed by atoms with Crippen LogP contribution in [0.15, 0.2) is 23.1 Å². The van der Waals surface area contributed by atoms with Crippen molar-refractivity contribution < 1.29 is 19.0 Å². The summed E-state index contributed by atoms with van der Waals surface area (Å²) in [5.41, 5.74) is 0.684. The third kappa shape index (κ3) is 7.41. The fraction of sp³-hybridized carbons (Fsp3) is 0.647. The van der Waals surface area contributed by atoms with Gasteiger partial charge in [-0.1, -0.05) is 6.42 Å². The number of ether oxygens (including phenoxy) is 1. The number of unbranched alkanes of at least 4 members (excludes halogenated alkanes) is 2. The number of nitrogens with one attached hydrogen (secondary N) is 3. The van der Waals surface area contributed by atoms with E-state index in [2.05, 4.69) is 15.6 Å². The zero-order valence-corrected chi connectivity index (χ0v) is 16.0. The lowest BCUT2D eigenvalue weighted by atomic mass is 10.1. The molecule has 2 heterocycles.